The lowest BCUT2D eigenvalue weighted by Gasteiger charge is -2.19. The maximum absolute atomic E-state index is 11.8. The van der Waals surface area contributed by atoms with Gasteiger partial charge in [-0.05, 0) is 19.9 Å². The number of rotatable bonds is 7. The number of carbonyl (C=O) groups is 1. The fourth-order valence-electron chi connectivity index (χ4n) is 2.89. The summed E-state index contributed by atoms with van der Waals surface area (Å²) in [7, 11) is 1.87. The second kappa shape index (κ2) is 12.1. The molecule has 0 aromatic carbocycles. The van der Waals surface area contributed by atoms with Crippen molar-refractivity contribution in [1.29, 1.82) is 0 Å². The van der Waals surface area contributed by atoms with Crippen molar-refractivity contribution in [2.45, 2.75) is 51.4 Å². The summed E-state index contributed by atoms with van der Waals surface area (Å²) in [5.74, 6) is 0.812. The molecule has 1 aromatic rings. The Kier molecular flexibility index (Phi) is 11.9. The molecular weight excluding hydrogens is 353 g/mol. The molecule has 1 fully saturated rings. The SMILES string of the molecule is CNCC(C)C(=O)NCCc1nc(C2CCCCC2)cs1.Cl.Cl. The van der Waals surface area contributed by atoms with E-state index in [0.29, 0.717) is 12.5 Å². The number of hydrogen-bond acceptors (Lipinski definition) is 4. The number of nitrogens with zero attached hydrogens (tertiary/aromatic N) is 1. The predicted molar refractivity (Wildman–Crippen MR) is 102 cm³/mol. The molecule has 2 rings (SSSR count). The van der Waals surface area contributed by atoms with E-state index < -0.39 is 0 Å². The summed E-state index contributed by atoms with van der Waals surface area (Å²) in [6, 6.07) is 0. The number of amides is 1. The van der Waals surface area contributed by atoms with Crippen molar-refractivity contribution in [3.63, 3.8) is 0 Å². The van der Waals surface area contributed by atoms with Gasteiger partial charge in [0.2, 0.25) is 5.91 Å². The molecule has 0 bridgehead atoms. The van der Waals surface area contributed by atoms with Gasteiger partial charge in [0, 0.05) is 36.7 Å². The molecule has 0 spiro atoms. The van der Waals surface area contributed by atoms with E-state index in [9.17, 15) is 4.79 Å². The molecule has 1 amide bonds. The quantitative estimate of drug-likeness (QED) is 0.758. The van der Waals surface area contributed by atoms with E-state index in [-0.39, 0.29) is 36.6 Å². The first-order chi connectivity index (χ1) is 10.2. The second-order valence-electron chi connectivity index (χ2n) is 6.00. The molecule has 4 nitrogen and oxygen atoms in total. The molecule has 7 heteroatoms. The normalized spacial score (nSPS) is 16.1. The Morgan fingerprint density at radius 3 is 2.70 bits per heavy atom. The van der Waals surface area contributed by atoms with Crippen molar-refractivity contribution in [1.82, 2.24) is 15.6 Å². The number of carbonyl (C=O) groups excluding carboxylic acids is 1. The number of thiazole rings is 1. The van der Waals surface area contributed by atoms with Gasteiger partial charge in [-0.3, -0.25) is 4.79 Å². The summed E-state index contributed by atoms with van der Waals surface area (Å²) in [6.45, 7) is 3.34. The van der Waals surface area contributed by atoms with Crippen LogP contribution in [0.4, 0.5) is 0 Å². The van der Waals surface area contributed by atoms with E-state index >= 15 is 0 Å². The number of nitrogens with one attached hydrogen (secondary N) is 2. The Balaban J connectivity index is 0.00000242. The lowest BCUT2D eigenvalue weighted by atomic mass is 9.87. The third-order valence-corrected chi connectivity index (χ3v) is 5.12. The van der Waals surface area contributed by atoms with Crippen LogP contribution in [-0.2, 0) is 11.2 Å². The van der Waals surface area contributed by atoms with Gasteiger partial charge in [-0.2, -0.15) is 0 Å². The molecule has 0 aliphatic heterocycles. The standard InChI is InChI=1S/C16H27N3OS.2ClH/c1-12(10-17-2)16(20)18-9-8-15-19-14(11-21-15)13-6-4-3-5-7-13;;/h11-13,17H,3-10H2,1-2H3,(H,18,20);2*1H. The van der Waals surface area contributed by atoms with Gasteiger partial charge < -0.3 is 10.6 Å². The van der Waals surface area contributed by atoms with Gasteiger partial charge in [-0.1, -0.05) is 26.2 Å². The summed E-state index contributed by atoms with van der Waals surface area (Å²) in [4.78, 5) is 16.6. The Bertz CT molecular complexity index is 450. The average Bonchev–Trinajstić information content (AvgIpc) is 2.97. The largest absolute Gasteiger partial charge is 0.355 e. The number of halogens is 2. The molecule has 23 heavy (non-hydrogen) atoms. The first-order valence-corrected chi connectivity index (χ1v) is 8.95. The van der Waals surface area contributed by atoms with Crippen LogP contribution in [0.2, 0.25) is 0 Å². The van der Waals surface area contributed by atoms with Crippen LogP contribution in [0.15, 0.2) is 5.38 Å². The summed E-state index contributed by atoms with van der Waals surface area (Å²) in [5, 5.41) is 9.39. The molecule has 2 N–H and O–H groups in total. The molecule has 1 aliphatic carbocycles. The Morgan fingerprint density at radius 2 is 2.04 bits per heavy atom. The van der Waals surface area contributed by atoms with E-state index in [1.54, 1.807) is 11.3 Å². The first-order valence-electron chi connectivity index (χ1n) is 8.07. The summed E-state index contributed by atoms with van der Waals surface area (Å²) in [6.07, 6.45) is 7.50. The van der Waals surface area contributed by atoms with Crippen molar-refractivity contribution in [3.8, 4) is 0 Å². The first kappa shape index (κ1) is 22.6. The van der Waals surface area contributed by atoms with E-state index in [4.69, 9.17) is 4.98 Å². The van der Waals surface area contributed by atoms with Gasteiger partial charge in [-0.25, -0.2) is 4.98 Å². The zero-order chi connectivity index (χ0) is 15.1. The zero-order valence-corrected chi connectivity index (χ0v) is 16.4. The minimum atomic E-state index is 0. The fraction of sp³-hybridized carbons (Fsp3) is 0.750. The maximum Gasteiger partial charge on any atom is 0.224 e. The number of hydrogen-bond donors (Lipinski definition) is 2. The molecule has 0 saturated heterocycles. The van der Waals surface area contributed by atoms with Gasteiger partial charge in [0.25, 0.3) is 0 Å². The van der Waals surface area contributed by atoms with Crippen LogP contribution in [0.3, 0.4) is 0 Å². The van der Waals surface area contributed by atoms with E-state index in [0.717, 1.165) is 18.0 Å². The molecule has 1 saturated carbocycles. The van der Waals surface area contributed by atoms with Crippen LogP contribution in [0, 0.1) is 5.92 Å². The Hall–Kier alpha value is -0.360. The molecule has 1 aromatic heterocycles. The third kappa shape index (κ3) is 7.38. The van der Waals surface area contributed by atoms with Crippen molar-refractivity contribution in [2.75, 3.05) is 20.1 Å². The molecule has 1 aliphatic rings. The average molecular weight is 382 g/mol. The molecule has 134 valence electrons. The van der Waals surface area contributed by atoms with Gasteiger partial charge in [0.1, 0.15) is 0 Å². The Morgan fingerprint density at radius 1 is 1.35 bits per heavy atom. The highest BCUT2D eigenvalue weighted by Crippen LogP contribution is 2.33. The van der Waals surface area contributed by atoms with Crippen LogP contribution in [-0.4, -0.2) is 31.0 Å². The zero-order valence-electron chi connectivity index (χ0n) is 14.0. The lowest BCUT2D eigenvalue weighted by Crippen LogP contribution is -2.35. The van der Waals surface area contributed by atoms with Gasteiger partial charge in [0.15, 0.2) is 0 Å². The second-order valence-corrected chi connectivity index (χ2v) is 6.94. The van der Waals surface area contributed by atoms with Crippen LogP contribution in [0.1, 0.15) is 55.6 Å². The highest BCUT2D eigenvalue weighted by atomic mass is 35.5. The summed E-state index contributed by atoms with van der Waals surface area (Å²) in [5.41, 5.74) is 1.28. The summed E-state index contributed by atoms with van der Waals surface area (Å²) < 4.78 is 0. The van der Waals surface area contributed by atoms with Crippen LogP contribution in [0.5, 0.6) is 0 Å². The minimum Gasteiger partial charge on any atom is -0.355 e. The van der Waals surface area contributed by atoms with E-state index in [2.05, 4.69) is 16.0 Å². The molecule has 1 heterocycles. The molecular formula is C16H29Cl2N3OS. The fourth-order valence-corrected chi connectivity index (χ4v) is 3.77. The van der Waals surface area contributed by atoms with Crippen molar-refractivity contribution in [2.24, 2.45) is 5.92 Å². The van der Waals surface area contributed by atoms with Crippen molar-refractivity contribution < 1.29 is 4.79 Å². The van der Waals surface area contributed by atoms with Crippen molar-refractivity contribution >= 4 is 42.1 Å². The highest BCUT2D eigenvalue weighted by molar-refractivity contribution is 7.09. The molecule has 1 unspecified atom stereocenters. The van der Waals surface area contributed by atoms with Crippen LogP contribution < -0.4 is 10.6 Å². The van der Waals surface area contributed by atoms with Crippen LogP contribution in [0.25, 0.3) is 0 Å². The summed E-state index contributed by atoms with van der Waals surface area (Å²) >= 11 is 1.74. The van der Waals surface area contributed by atoms with Crippen molar-refractivity contribution in [3.05, 3.63) is 16.1 Å². The Labute approximate surface area is 156 Å². The van der Waals surface area contributed by atoms with E-state index in [1.165, 1.54) is 37.8 Å². The predicted octanol–water partition coefficient (Wildman–Crippen LogP) is 3.55. The number of aromatic nitrogens is 1. The molecule has 0 radical (unpaired) electrons. The highest BCUT2D eigenvalue weighted by Gasteiger charge is 2.18. The van der Waals surface area contributed by atoms with E-state index in [1.807, 2.05) is 14.0 Å². The topological polar surface area (TPSA) is 54.0 Å². The van der Waals surface area contributed by atoms with Gasteiger partial charge in [0.05, 0.1) is 10.7 Å². The lowest BCUT2D eigenvalue weighted by molar-refractivity contribution is -0.124. The smallest absolute Gasteiger partial charge is 0.224 e. The minimum absolute atomic E-state index is 0. The van der Waals surface area contributed by atoms with Crippen LogP contribution >= 0.6 is 36.2 Å². The van der Waals surface area contributed by atoms with Gasteiger partial charge >= 0.3 is 0 Å². The molecule has 1 atom stereocenters. The third-order valence-electron chi connectivity index (χ3n) is 4.19. The van der Waals surface area contributed by atoms with Gasteiger partial charge in [-0.15, -0.1) is 36.2 Å². The maximum atomic E-state index is 11.8. The monoisotopic (exact) mass is 381 g/mol.